The third-order valence-corrected chi connectivity index (χ3v) is 5.54. The van der Waals surface area contributed by atoms with Crippen molar-refractivity contribution < 1.29 is 24.5 Å². The molecule has 3 N–H and O–H groups in total. The lowest BCUT2D eigenvalue weighted by molar-refractivity contribution is -0.225. The number of hydrogen-bond acceptors (Lipinski definition) is 5. The molecule has 0 aliphatic carbocycles. The van der Waals surface area contributed by atoms with Gasteiger partial charge in [-0.15, -0.1) is 0 Å². The first-order chi connectivity index (χ1) is 14.2. The second-order valence-electron chi connectivity index (χ2n) is 7.82. The Morgan fingerprint density at radius 1 is 1.17 bits per heavy atom. The summed E-state index contributed by atoms with van der Waals surface area (Å²) < 4.78 is 5.14. The molecule has 1 heterocycles. The van der Waals surface area contributed by atoms with Gasteiger partial charge in [-0.1, -0.05) is 42.5 Å². The van der Waals surface area contributed by atoms with E-state index < -0.39 is 29.7 Å². The van der Waals surface area contributed by atoms with Crippen molar-refractivity contribution in [1.29, 1.82) is 0 Å². The van der Waals surface area contributed by atoms with Gasteiger partial charge in [0, 0.05) is 0 Å². The quantitative estimate of drug-likeness (QED) is 0.480. The summed E-state index contributed by atoms with van der Waals surface area (Å²) in [5.41, 5.74) is 1.89. The molecular weight excluding hydrogens is 384 g/mol. The molecule has 3 amide bonds. The highest BCUT2D eigenvalue weighted by Gasteiger charge is 2.57. The molecule has 0 radical (unpaired) electrons. The van der Waals surface area contributed by atoms with Crippen LogP contribution in [0.25, 0.3) is 0 Å². The maximum Gasteiger partial charge on any atom is 0.325 e. The number of nitrogens with zero attached hydrogens (tertiary/aromatic N) is 1. The predicted molar refractivity (Wildman–Crippen MR) is 112 cm³/mol. The molecule has 1 aliphatic rings. The lowest BCUT2D eigenvalue weighted by Crippen LogP contribution is -2.72. The number of carbonyl (C=O) groups excluding carboxylic acids is 2. The molecule has 2 aromatic rings. The molecule has 3 rings (SSSR count). The zero-order chi connectivity index (χ0) is 21.9. The molecule has 0 spiro atoms. The minimum atomic E-state index is -2.19. The van der Waals surface area contributed by atoms with Gasteiger partial charge >= 0.3 is 6.03 Å². The molecule has 1 saturated heterocycles. The van der Waals surface area contributed by atoms with E-state index in [1.807, 2.05) is 61.5 Å². The number of hydrogen-bond donors (Lipinski definition) is 3. The molecule has 30 heavy (non-hydrogen) atoms. The molecular formula is C23H28N2O5. The van der Waals surface area contributed by atoms with Crippen LogP contribution in [0.1, 0.15) is 37.4 Å². The molecule has 1 aliphatic heterocycles. The minimum absolute atomic E-state index is 0.325. The highest BCUT2D eigenvalue weighted by atomic mass is 16.5. The smallest absolute Gasteiger partial charge is 0.325 e. The zero-order valence-electron chi connectivity index (χ0n) is 17.4. The van der Waals surface area contributed by atoms with E-state index >= 15 is 0 Å². The summed E-state index contributed by atoms with van der Waals surface area (Å²) in [5, 5.41) is 23.2. The molecule has 7 heteroatoms. The molecule has 160 valence electrons. The van der Waals surface area contributed by atoms with Crippen LogP contribution in [-0.2, 0) is 11.2 Å². The van der Waals surface area contributed by atoms with Gasteiger partial charge in [-0.25, -0.2) is 4.79 Å². The largest absolute Gasteiger partial charge is 0.497 e. The second-order valence-corrected chi connectivity index (χ2v) is 7.82. The fourth-order valence-electron chi connectivity index (χ4n) is 3.88. The SMILES string of the molecule is COc1ccc(CC[C@H]2C(=O)N(C(=O)N[C@H](C)c3ccccc3)[C@@H]2C(C)(O)O)cc1. The fraction of sp³-hybridized carbons (Fsp3) is 0.391. The Morgan fingerprint density at radius 2 is 1.80 bits per heavy atom. The van der Waals surface area contributed by atoms with Gasteiger partial charge in [0.05, 0.1) is 19.1 Å². The Bertz CT molecular complexity index is 877. The van der Waals surface area contributed by atoms with Crippen molar-refractivity contribution in [1.82, 2.24) is 10.2 Å². The van der Waals surface area contributed by atoms with Crippen LogP contribution < -0.4 is 10.1 Å². The van der Waals surface area contributed by atoms with Crippen LogP contribution in [0.4, 0.5) is 4.79 Å². The van der Waals surface area contributed by atoms with Gasteiger partial charge in [0.25, 0.3) is 0 Å². The van der Waals surface area contributed by atoms with Crippen molar-refractivity contribution in [2.75, 3.05) is 7.11 Å². The number of methoxy groups -OCH3 is 1. The summed E-state index contributed by atoms with van der Waals surface area (Å²) in [6, 6.07) is 14.9. The van der Waals surface area contributed by atoms with Crippen LogP contribution in [0.5, 0.6) is 5.75 Å². The van der Waals surface area contributed by atoms with Crippen LogP contribution in [0.2, 0.25) is 0 Å². The maximum atomic E-state index is 12.7. The lowest BCUT2D eigenvalue weighted by atomic mass is 9.78. The predicted octanol–water partition coefficient (Wildman–Crippen LogP) is 2.63. The number of β-lactam (4-membered cyclic amide) rings is 1. The molecule has 0 aromatic heterocycles. The van der Waals surface area contributed by atoms with Gasteiger partial charge < -0.3 is 20.3 Å². The molecule has 0 bridgehead atoms. The number of nitrogens with one attached hydrogen (secondary N) is 1. The average molecular weight is 412 g/mol. The number of aryl methyl sites for hydroxylation is 1. The summed E-state index contributed by atoms with van der Waals surface area (Å²) in [4.78, 5) is 26.4. The lowest BCUT2D eigenvalue weighted by Gasteiger charge is -2.50. The molecule has 0 unspecified atom stereocenters. The first-order valence-electron chi connectivity index (χ1n) is 9.98. The van der Waals surface area contributed by atoms with Crippen LogP contribution in [0.3, 0.4) is 0 Å². The number of imide groups is 1. The van der Waals surface area contributed by atoms with Crippen molar-refractivity contribution in [3.63, 3.8) is 0 Å². The van der Waals surface area contributed by atoms with Crippen molar-refractivity contribution in [3.05, 3.63) is 65.7 Å². The first-order valence-corrected chi connectivity index (χ1v) is 9.98. The van der Waals surface area contributed by atoms with Gasteiger partial charge in [-0.3, -0.25) is 9.69 Å². The number of ether oxygens (including phenoxy) is 1. The van der Waals surface area contributed by atoms with Crippen molar-refractivity contribution >= 4 is 11.9 Å². The first kappa shape index (κ1) is 21.8. The van der Waals surface area contributed by atoms with Crippen LogP contribution >= 0.6 is 0 Å². The van der Waals surface area contributed by atoms with E-state index in [1.165, 1.54) is 6.92 Å². The Labute approximate surface area is 176 Å². The Morgan fingerprint density at radius 3 is 2.37 bits per heavy atom. The van der Waals surface area contributed by atoms with E-state index in [4.69, 9.17) is 4.74 Å². The number of carbonyl (C=O) groups is 2. The molecule has 1 fully saturated rings. The molecule has 0 saturated carbocycles. The minimum Gasteiger partial charge on any atom is -0.497 e. The average Bonchev–Trinajstić information content (AvgIpc) is 2.72. The summed E-state index contributed by atoms with van der Waals surface area (Å²) >= 11 is 0. The number of aliphatic hydroxyl groups is 2. The standard InChI is InChI=1S/C23H28N2O5/c1-15(17-7-5-4-6-8-17)24-22(27)25-20(23(2,28)29)19(21(25)26)14-11-16-9-12-18(30-3)13-10-16/h4-10,12-13,15,19-20,28-29H,11,14H2,1-3H3,(H,24,27)/t15-,19-,20+/m1/s1. The van der Waals surface area contributed by atoms with Gasteiger partial charge in [0.1, 0.15) is 11.8 Å². The van der Waals surface area contributed by atoms with Crippen LogP contribution in [0.15, 0.2) is 54.6 Å². The van der Waals surface area contributed by atoms with Gasteiger partial charge in [0.2, 0.25) is 5.91 Å². The summed E-state index contributed by atoms with van der Waals surface area (Å²) in [6.45, 7) is 3.01. The highest BCUT2D eigenvalue weighted by molar-refractivity contribution is 6.01. The monoisotopic (exact) mass is 412 g/mol. The fourth-order valence-corrected chi connectivity index (χ4v) is 3.88. The maximum absolute atomic E-state index is 12.7. The summed E-state index contributed by atoms with van der Waals surface area (Å²) in [7, 11) is 1.59. The number of urea groups is 1. The second kappa shape index (κ2) is 8.85. The molecule has 3 atom stereocenters. The Balaban J connectivity index is 1.66. The highest BCUT2D eigenvalue weighted by Crippen LogP contribution is 2.37. The van der Waals surface area contributed by atoms with Gasteiger partial charge in [-0.05, 0) is 49.9 Å². The van der Waals surface area contributed by atoms with Gasteiger partial charge in [0.15, 0.2) is 5.79 Å². The van der Waals surface area contributed by atoms with Crippen LogP contribution in [-0.4, -0.2) is 46.0 Å². The van der Waals surface area contributed by atoms with E-state index in [-0.39, 0.29) is 6.04 Å². The Kier molecular flexibility index (Phi) is 6.43. The molecule has 2 aromatic carbocycles. The van der Waals surface area contributed by atoms with E-state index in [0.29, 0.717) is 12.8 Å². The zero-order valence-corrected chi connectivity index (χ0v) is 17.4. The van der Waals surface area contributed by atoms with Gasteiger partial charge in [-0.2, -0.15) is 0 Å². The third-order valence-electron chi connectivity index (χ3n) is 5.54. The number of amides is 3. The van der Waals surface area contributed by atoms with E-state index in [1.54, 1.807) is 7.11 Å². The number of rotatable bonds is 7. The van der Waals surface area contributed by atoms with Crippen molar-refractivity contribution in [3.8, 4) is 5.75 Å². The normalized spacial score (nSPS) is 19.8. The summed E-state index contributed by atoms with van der Waals surface area (Å²) in [6.07, 6.45) is 0.980. The van der Waals surface area contributed by atoms with Crippen molar-refractivity contribution in [2.45, 2.75) is 44.6 Å². The van der Waals surface area contributed by atoms with E-state index in [2.05, 4.69) is 5.32 Å². The molecule has 7 nitrogen and oxygen atoms in total. The van der Waals surface area contributed by atoms with E-state index in [9.17, 15) is 19.8 Å². The topological polar surface area (TPSA) is 99.1 Å². The Hall–Kier alpha value is -2.90. The van der Waals surface area contributed by atoms with Crippen molar-refractivity contribution in [2.24, 2.45) is 5.92 Å². The summed E-state index contributed by atoms with van der Waals surface area (Å²) in [5.74, 6) is -2.50. The third kappa shape index (κ3) is 4.63. The van der Waals surface area contributed by atoms with Crippen LogP contribution in [0, 0.1) is 5.92 Å². The number of benzene rings is 2. The number of likely N-dealkylation sites (tertiary alicyclic amines) is 1. The van der Waals surface area contributed by atoms with E-state index in [0.717, 1.165) is 21.8 Å².